The van der Waals surface area contributed by atoms with Crippen LogP contribution in [0.25, 0.3) is 0 Å². The summed E-state index contributed by atoms with van der Waals surface area (Å²) < 4.78 is 12.9. The normalized spacial score (nSPS) is 13.6. The topological polar surface area (TPSA) is 57.5 Å². The molecule has 0 amide bonds. The Bertz CT molecular complexity index is 823. The van der Waals surface area contributed by atoms with E-state index in [4.69, 9.17) is 9.47 Å². The van der Waals surface area contributed by atoms with Crippen LogP contribution in [-0.2, 0) is 17.8 Å². The minimum absolute atomic E-state index is 0.0324. The first-order chi connectivity index (χ1) is 12.0. The Kier molecular flexibility index (Phi) is 4.93. The lowest BCUT2D eigenvalue weighted by Crippen LogP contribution is -2.14. The molecule has 0 saturated heterocycles. The first kappa shape index (κ1) is 17.3. The van der Waals surface area contributed by atoms with E-state index in [1.54, 1.807) is 19.2 Å². The Hall–Kier alpha value is -2.56. The van der Waals surface area contributed by atoms with Gasteiger partial charge in [0.2, 0.25) is 0 Å². The van der Waals surface area contributed by atoms with Gasteiger partial charge >= 0.3 is 5.97 Å². The largest absolute Gasteiger partial charge is 0.493 e. The molecule has 0 aliphatic heterocycles. The minimum atomic E-state index is -0.178. The molecule has 1 aromatic heterocycles. The van der Waals surface area contributed by atoms with Gasteiger partial charge in [-0.3, -0.25) is 9.59 Å². The van der Waals surface area contributed by atoms with Crippen molar-refractivity contribution in [3.63, 3.8) is 0 Å². The molecular formula is C20H23NO4. The zero-order valence-corrected chi connectivity index (χ0v) is 14.9. The van der Waals surface area contributed by atoms with Crippen LogP contribution in [0.4, 0.5) is 0 Å². The van der Waals surface area contributed by atoms with Crippen molar-refractivity contribution in [2.45, 2.75) is 39.7 Å². The van der Waals surface area contributed by atoms with Crippen LogP contribution in [0, 0.1) is 19.8 Å². The lowest BCUT2D eigenvalue weighted by atomic mass is 10.1. The maximum absolute atomic E-state index is 11.9. The van der Waals surface area contributed by atoms with Crippen LogP contribution in [0.2, 0.25) is 0 Å². The molecule has 0 N–H and O–H groups in total. The van der Waals surface area contributed by atoms with E-state index in [1.807, 2.05) is 32.0 Å². The first-order valence-electron chi connectivity index (χ1n) is 8.54. The van der Waals surface area contributed by atoms with Crippen LogP contribution < -0.4 is 14.9 Å². The van der Waals surface area contributed by atoms with Crippen LogP contribution in [0.15, 0.2) is 35.1 Å². The van der Waals surface area contributed by atoms with Crippen molar-refractivity contribution in [1.82, 2.24) is 4.57 Å². The standard InChI is InChI=1S/C20H23NO4/c1-13-10-17(22)11-14(2)21(13)9-8-15-4-7-18(24-3)19(12-15)25-20(23)16-5-6-16/h4,7,10-12,16H,5-6,8-9H2,1-3H3. The third kappa shape index (κ3) is 4.10. The number of methoxy groups -OCH3 is 1. The van der Waals surface area contributed by atoms with Crippen molar-refractivity contribution in [1.29, 1.82) is 0 Å². The monoisotopic (exact) mass is 341 g/mol. The number of aromatic nitrogens is 1. The van der Waals surface area contributed by atoms with Crippen molar-refractivity contribution in [2.24, 2.45) is 5.92 Å². The summed E-state index contributed by atoms with van der Waals surface area (Å²) in [5.41, 5.74) is 2.97. The fourth-order valence-electron chi connectivity index (χ4n) is 2.95. The van der Waals surface area contributed by atoms with E-state index in [0.29, 0.717) is 11.5 Å². The van der Waals surface area contributed by atoms with Gasteiger partial charge in [-0.25, -0.2) is 0 Å². The number of hydrogen-bond acceptors (Lipinski definition) is 4. The number of nitrogens with zero attached hydrogens (tertiary/aromatic N) is 1. The molecule has 5 heteroatoms. The Balaban J connectivity index is 1.76. The summed E-state index contributed by atoms with van der Waals surface area (Å²) in [6.07, 6.45) is 2.58. The second-order valence-electron chi connectivity index (χ2n) is 6.56. The second-order valence-corrected chi connectivity index (χ2v) is 6.56. The summed E-state index contributed by atoms with van der Waals surface area (Å²) in [4.78, 5) is 23.5. The predicted octanol–water partition coefficient (Wildman–Crippen LogP) is 3.03. The van der Waals surface area contributed by atoms with E-state index >= 15 is 0 Å². The molecular weight excluding hydrogens is 318 g/mol. The zero-order chi connectivity index (χ0) is 18.0. The van der Waals surface area contributed by atoms with Crippen molar-refractivity contribution in [3.05, 3.63) is 57.5 Å². The average molecular weight is 341 g/mol. The lowest BCUT2D eigenvalue weighted by molar-refractivity contribution is -0.135. The van der Waals surface area contributed by atoms with Crippen molar-refractivity contribution in [2.75, 3.05) is 7.11 Å². The number of benzene rings is 1. The molecule has 5 nitrogen and oxygen atoms in total. The summed E-state index contributed by atoms with van der Waals surface area (Å²) in [5.74, 6) is 0.904. The molecule has 2 aromatic rings. The van der Waals surface area contributed by atoms with E-state index in [-0.39, 0.29) is 17.3 Å². The molecule has 25 heavy (non-hydrogen) atoms. The number of carbonyl (C=O) groups is 1. The van der Waals surface area contributed by atoms with Gasteiger partial charge in [0.05, 0.1) is 13.0 Å². The minimum Gasteiger partial charge on any atom is -0.493 e. The fourth-order valence-corrected chi connectivity index (χ4v) is 2.95. The quantitative estimate of drug-likeness (QED) is 0.599. The molecule has 0 spiro atoms. The molecule has 1 aromatic carbocycles. The molecule has 1 heterocycles. The van der Waals surface area contributed by atoms with Gasteiger partial charge in [0.1, 0.15) is 0 Å². The molecule has 0 bridgehead atoms. The number of ether oxygens (including phenoxy) is 2. The number of hydrogen-bond donors (Lipinski definition) is 0. The number of pyridine rings is 1. The van der Waals surface area contributed by atoms with Gasteiger partial charge in [-0.1, -0.05) is 6.07 Å². The SMILES string of the molecule is COc1ccc(CCn2c(C)cc(=O)cc2C)cc1OC(=O)C1CC1. The van der Waals surface area contributed by atoms with Gasteiger partial charge < -0.3 is 14.0 Å². The van der Waals surface area contributed by atoms with Crippen LogP contribution in [0.1, 0.15) is 29.8 Å². The first-order valence-corrected chi connectivity index (χ1v) is 8.54. The lowest BCUT2D eigenvalue weighted by Gasteiger charge is -2.15. The molecule has 0 radical (unpaired) electrons. The van der Waals surface area contributed by atoms with Crippen LogP contribution >= 0.6 is 0 Å². The van der Waals surface area contributed by atoms with E-state index in [0.717, 1.165) is 42.8 Å². The number of aryl methyl sites for hydroxylation is 3. The molecule has 1 saturated carbocycles. The van der Waals surface area contributed by atoms with Crippen LogP contribution in [0.5, 0.6) is 11.5 Å². The number of esters is 1. The molecule has 3 rings (SSSR count). The summed E-state index contributed by atoms with van der Waals surface area (Å²) >= 11 is 0. The zero-order valence-electron chi connectivity index (χ0n) is 14.9. The molecule has 1 fully saturated rings. The predicted molar refractivity (Wildman–Crippen MR) is 95.2 cm³/mol. The van der Waals surface area contributed by atoms with Crippen molar-refractivity contribution < 1.29 is 14.3 Å². The number of carbonyl (C=O) groups excluding carboxylic acids is 1. The maximum Gasteiger partial charge on any atom is 0.314 e. The van der Waals surface area contributed by atoms with E-state index < -0.39 is 0 Å². The number of rotatable bonds is 6. The third-order valence-electron chi connectivity index (χ3n) is 4.53. The Labute approximate surface area is 147 Å². The fraction of sp³-hybridized carbons (Fsp3) is 0.400. The van der Waals surface area contributed by atoms with Crippen LogP contribution in [-0.4, -0.2) is 17.6 Å². The van der Waals surface area contributed by atoms with Gasteiger partial charge in [0.15, 0.2) is 16.9 Å². The Morgan fingerprint density at radius 3 is 2.40 bits per heavy atom. The Morgan fingerprint density at radius 1 is 1.12 bits per heavy atom. The van der Waals surface area contributed by atoms with Gasteiger partial charge in [0, 0.05) is 30.1 Å². The van der Waals surface area contributed by atoms with E-state index in [2.05, 4.69) is 4.57 Å². The summed E-state index contributed by atoms with van der Waals surface area (Å²) in [5, 5.41) is 0. The summed E-state index contributed by atoms with van der Waals surface area (Å²) in [6, 6.07) is 8.95. The second kappa shape index (κ2) is 7.13. The van der Waals surface area contributed by atoms with E-state index in [9.17, 15) is 9.59 Å². The van der Waals surface area contributed by atoms with Crippen molar-refractivity contribution in [3.8, 4) is 11.5 Å². The van der Waals surface area contributed by atoms with E-state index in [1.165, 1.54) is 0 Å². The Morgan fingerprint density at radius 2 is 1.80 bits per heavy atom. The van der Waals surface area contributed by atoms with Crippen molar-refractivity contribution >= 4 is 5.97 Å². The molecule has 1 aliphatic rings. The maximum atomic E-state index is 11.9. The highest BCUT2D eigenvalue weighted by Gasteiger charge is 2.32. The van der Waals surface area contributed by atoms with Crippen LogP contribution in [0.3, 0.4) is 0 Å². The third-order valence-corrected chi connectivity index (χ3v) is 4.53. The van der Waals surface area contributed by atoms with Gasteiger partial charge in [-0.2, -0.15) is 0 Å². The highest BCUT2D eigenvalue weighted by Crippen LogP contribution is 2.34. The van der Waals surface area contributed by atoms with Gasteiger partial charge in [0.25, 0.3) is 0 Å². The highest BCUT2D eigenvalue weighted by molar-refractivity contribution is 5.78. The average Bonchev–Trinajstić information content (AvgIpc) is 3.39. The summed E-state index contributed by atoms with van der Waals surface area (Å²) in [7, 11) is 1.57. The van der Waals surface area contributed by atoms with Gasteiger partial charge in [-0.05, 0) is 50.8 Å². The molecule has 132 valence electrons. The highest BCUT2D eigenvalue weighted by atomic mass is 16.6. The van der Waals surface area contributed by atoms with Gasteiger partial charge in [-0.15, -0.1) is 0 Å². The smallest absolute Gasteiger partial charge is 0.314 e. The molecule has 0 atom stereocenters. The summed E-state index contributed by atoms with van der Waals surface area (Å²) in [6.45, 7) is 4.62. The molecule has 0 unspecified atom stereocenters. The molecule has 1 aliphatic carbocycles.